The van der Waals surface area contributed by atoms with E-state index in [4.69, 9.17) is 9.88 Å². The molecule has 22 heavy (non-hydrogen) atoms. The number of methoxy groups -OCH3 is 1. The van der Waals surface area contributed by atoms with Crippen LogP contribution in [0.4, 0.5) is 8.78 Å². The third-order valence-electron chi connectivity index (χ3n) is 4.61. The number of hydrogen-bond acceptors (Lipinski definition) is 3. The highest BCUT2D eigenvalue weighted by molar-refractivity contribution is 7.86. The van der Waals surface area contributed by atoms with Gasteiger partial charge in [0.15, 0.2) is 0 Å². The Morgan fingerprint density at radius 1 is 1.32 bits per heavy atom. The number of fused-ring (bicyclic) bond motifs is 2. The average molecular weight is 332 g/mol. The lowest BCUT2D eigenvalue weighted by atomic mass is 9.82. The molecule has 2 unspecified atom stereocenters. The zero-order valence-electron chi connectivity index (χ0n) is 12.1. The summed E-state index contributed by atoms with van der Waals surface area (Å²) in [4.78, 5) is 0. The van der Waals surface area contributed by atoms with E-state index in [0.717, 1.165) is 6.07 Å². The number of halogens is 2. The van der Waals surface area contributed by atoms with Gasteiger partial charge in [0.05, 0.1) is 7.11 Å². The minimum absolute atomic E-state index is 0.00191. The molecule has 0 radical (unpaired) electrons. The summed E-state index contributed by atoms with van der Waals surface area (Å²) in [5.74, 6) is -0.361. The Kier molecular flexibility index (Phi) is 3.65. The zero-order valence-corrected chi connectivity index (χ0v) is 12.9. The molecule has 0 aromatic heterocycles. The van der Waals surface area contributed by atoms with Crippen LogP contribution in [0.3, 0.4) is 0 Å². The minimum Gasteiger partial charge on any atom is -0.496 e. The summed E-state index contributed by atoms with van der Waals surface area (Å²) in [6, 6.07) is 2.78. The largest absolute Gasteiger partial charge is 0.496 e. The van der Waals surface area contributed by atoms with Crippen LogP contribution in [0.1, 0.15) is 31.2 Å². The number of piperidine rings is 1. The van der Waals surface area contributed by atoms with Crippen LogP contribution in [0, 0.1) is 5.82 Å². The highest BCUT2D eigenvalue weighted by Gasteiger charge is 2.53. The van der Waals surface area contributed by atoms with Crippen molar-refractivity contribution in [2.75, 3.05) is 7.11 Å². The molecule has 2 bridgehead atoms. The van der Waals surface area contributed by atoms with Crippen LogP contribution < -0.4 is 9.88 Å². The molecule has 1 aromatic rings. The standard InChI is InChI=1S/C14H18F2N2O3S/c1-21-13-6-9(15)2-5-12(13)14(16)7-10-3-4-11(8-14)18(10)22(17,19)20/h2,5-6,10-11H,3-4,7-8H2,1H3,(H2,17,19,20). The molecule has 2 atom stereocenters. The molecule has 122 valence electrons. The molecule has 8 heteroatoms. The predicted octanol–water partition coefficient (Wildman–Crippen LogP) is 1.83. The first-order chi connectivity index (χ1) is 10.2. The normalized spacial score (nSPS) is 32.2. The Bertz CT molecular complexity index is 681. The maximum atomic E-state index is 15.5. The van der Waals surface area contributed by atoms with Gasteiger partial charge in [-0.3, -0.25) is 0 Å². The minimum atomic E-state index is -3.84. The molecule has 2 N–H and O–H groups in total. The van der Waals surface area contributed by atoms with Gasteiger partial charge in [0.25, 0.3) is 10.2 Å². The third kappa shape index (κ3) is 2.49. The van der Waals surface area contributed by atoms with Gasteiger partial charge in [0.1, 0.15) is 17.2 Å². The van der Waals surface area contributed by atoms with Gasteiger partial charge in [-0.25, -0.2) is 13.9 Å². The average Bonchev–Trinajstić information content (AvgIpc) is 2.72. The van der Waals surface area contributed by atoms with E-state index < -0.39 is 33.8 Å². The molecule has 5 nitrogen and oxygen atoms in total. The van der Waals surface area contributed by atoms with E-state index in [2.05, 4.69) is 0 Å². The van der Waals surface area contributed by atoms with E-state index in [1.807, 2.05) is 0 Å². The first-order valence-electron chi connectivity index (χ1n) is 7.09. The third-order valence-corrected chi connectivity index (χ3v) is 5.80. The Hall–Kier alpha value is -1.25. The number of rotatable bonds is 3. The first-order valence-corrected chi connectivity index (χ1v) is 8.59. The van der Waals surface area contributed by atoms with E-state index in [1.165, 1.54) is 23.5 Å². The van der Waals surface area contributed by atoms with Gasteiger partial charge in [-0.05, 0) is 25.0 Å². The molecule has 2 fully saturated rings. The van der Waals surface area contributed by atoms with Crippen molar-refractivity contribution in [3.63, 3.8) is 0 Å². The predicted molar refractivity (Wildman–Crippen MR) is 76.7 cm³/mol. The summed E-state index contributed by atoms with van der Waals surface area (Å²) in [6.07, 6.45) is 1.16. The molecule has 0 amide bonds. The number of alkyl halides is 1. The second kappa shape index (κ2) is 5.14. The highest BCUT2D eigenvalue weighted by Crippen LogP contribution is 2.50. The summed E-state index contributed by atoms with van der Waals surface area (Å²) < 4.78 is 58.5. The number of nitrogens with two attached hydrogens (primary N) is 1. The number of hydrogen-bond donors (Lipinski definition) is 1. The van der Waals surface area contributed by atoms with Gasteiger partial charge in [-0.1, -0.05) is 0 Å². The molecule has 1 aromatic carbocycles. The van der Waals surface area contributed by atoms with Crippen molar-refractivity contribution in [2.45, 2.75) is 43.4 Å². The van der Waals surface area contributed by atoms with E-state index in [9.17, 15) is 12.8 Å². The first kappa shape index (κ1) is 15.6. The fraction of sp³-hybridized carbons (Fsp3) is 0.571. The van der Waals surface area contributed by atoms with Crippen molar-refractivity contribution in [1.29, 1.82) is 0 Å². The van der Waals surface area contributed by atoms with E-state index in [-0.39, 0.29) is 24.2 Å². The van der Waals surface area contributed by atoms with Crippen molar-refractivity contribution >= 4 is 10.2 Å². The summed E-state index contributed by atoms with van der Waals surface area (Å²) in [6.45, 7) is 0. The number of ether oxygens (including phenoxy) is 1. The van der Waals surface area contributed by atoms with Crippen molar-refractivity contribution in [3.8, 4) is 5.75 Å². The summed E-state index contributed by atoms with van der Waals surface area (Å²) in [5.41, 5.74) is -1.48. The molecule has 2 heterocycles. The van der Waals surface area contributed by atoms with Crippen molar-refractivity contribution < 1.29 is 21.9 Å². The van der Waals surface area contributed by atoms with Gasteiger partial charge >= 0.3 is 0 Å². The Balaban J connectivity index is 1.98. The molecule has 2 aliphatic rings. The summed E-state index contributed by atoms with van der Waals surface area (Å²) >= 11 is 0. The van der Waals surface area contributed by atoms with Gasteiger partial charge in [-0.2, -0.15) is 12.7 Å². The van der Waals surface area contributed by atoms with Crippen molar-refractivity contribution in [3.05, 3.63) is 29.6 Å². The van der Waals surface area contributed by atoms with Crippen molar-refractivity contribution in [2.24, 2.45) is 5.14 Å². The SMILES string of the molecule is COc1cc(F)ccc1C1(F)CC2CCC(C1)N2S(N)(=O)=O. The Morgan fingerprint density at radius 3 is 2.41 bits per heavy atom. The highest BCUT2D eigenvalue weighted by atomic mass is 32.2. The topological polar surface area (TPSA) is 72.6 Å². The lowest BCUT2D eigenvalue weighted by molar-refractivity contribution is 0.0458. The lowest BCUT2D eigenvalue weighted by Crippen LogP contribution is -2.52. The summed E-state index contributed by atoms with van der Waals surface area (Å²) in [5, 5.41) is 5.24. The van der Waals surface area contributed by atoms with Gasteiger partial charge in [0, 0.05) is 36.6 Å². The van der Waals surface area contributed by atoms with Crippen LogP contribution in [0.15, 0.2) is 18.2 Å². The number of nitrogens with zero attached hydrogens (tertiary/aromatic N) is 1. The summed E-state index contributed by atoms with van der Waals surface area (Å²) in [7, 11) is -2.48. The molecule has 0 aliphatic carbocycles. The second-order valence-electron chi connectivity index (χ2n) is 5.98. The molecule has 3 rings (SSSR count). The molecule has 0 saturated carbocycles. The van der Waals surface area contributed by atoms with Crippen LogP contribution >= 0.6 is 0 Å². The van der Waals surface area contributed by atoms with Gasteiger partial charge < -0.3 is 4.74 Å². The second-order valence-corrected chi connectivity index (χ2v) is 7.43. The van der Waals surface area contributed by atoms with Crippen LogP contribution in [0.5, 0.6) is 5.75 Å². The fourth-order valence-electron chi connectivity index (χ4n) is 3.82. The van der Waals surface area contributed by atoms with Crippen LogP contribution in [0.2, 0.25) is 0 Å². The number of benzene rings is 1. The Labute approximate surface area is 128 Å². The van der Waals surface area contributed by atoms with E-state index in [0.29, 0.717) is 12.8 Å². The quantitative estimate of drug-likeness (QED) is 0.918. The molecule has 0 spiro atoms. The lowest BCUT2D eigenvalue weighted by Gasteiger charge is -2.41. The monoisotopic (exact) mass is 332 g/mol. The smallest absolute Gasteiger partial charge is 0.277 e. The maximum Gasteiger partial charge on any atom is 0.277 e. The fourth-order valence-corrected chi connectivity index (χ4v) is 5.01. The van der Waals surface area contributed by atoms with E-state index in [1.54, 1.807) is 0 Å². The zero-order chi connectivity index (χ0) is 16.1. The Morgan fingerprint density at radius 2 is 1.91 bits per heavy atom. The molecule has 2 aliphatic heterocycles. The van der Waals surface area contributed by atoms with Crippen LogP contribution in [-0.4, -0.2) is 31.9 Å². The molecular weight excluding hydrogens is 314 g/mol. The van der Waals surface area contributed by atoms with Crippen LogP contribution in [-0.2, 0) is 15.9 Å². The maximum absolute atomic E-state index is 15.5. The van der Waals surface area contributed by atoms with Gasteiger partial charge in [0.2, 0.25) is 0 Å². The molecule has 2 saturated heterocycles. The molecular formula is C14H18F2N2O3S. The van der Waals surface area contributed by atoms with E-state index >= 15 is 4.39 Å². The van der Waals surface area contributed by atoms with Crippen molar-refractivity contribution in [1.82, 2.24) is 4.31 Å². The van der Waals surface area contributed by atoms with Gasteiger partial charge in [-0.15, -0.1) is 0 Å². The van der Waals surface area contributed by atoms with Crippen LogP contribution in [0.25, 0.3) is 0 Å².